The molecule has 1 aromatic heterocycles. The number of likely N-dealkylation sites (N-methyl/N-ethyl adjacent to an activating group) is 1. The molecular weight excluding hydrogens is 568 g/mol. The Bertz CT molecular complexity index is 1260. The molecular formula is C31H49ClN8O3. The lowest BCUT2D eigenvalue weighted by molar-refractivity contribution is -0.137. The first-order valence-electron chi connectivity index (χ1n) is 15.3. The Kier molecular flexibility index (Phi) is 12.1. The first-order valence-corrected chi connectivity index (χ1v) is 15.3. The lowest BCUT2D eigenvalue weighted by atomic mass is 9.84. The molecule has 43 heavy (non-hydrogen) atoms. The van der Waals surface area contributed by atoms with Crippen molar-refractivity contribution >= 4 is 30.2 Å². The van der Waals surface area contributed by atoms with E-state index in [0.29, 0.717) is 44.2 Å². The minimum Gasteiger partial charge on any atom is -0.338 e. The molecule has 3 amide bonds. The predicted molar refractivity (Wildman–Crippen MR) is 173 cm³/mol. The molecule has 1 atom stereocenters. The van der Waals surface area contributed by atoms with E-state index in [1.54, 1.807) is 35.9 Å². The summed E-state index contributed by atoms with van der Waals surface area (Å²) in [6, 6.07) is 10.3. The molecule has 5 N–H and O–H groups in total. The van der Waals surface area contributed by atoms with Crippen LogP contribution < -0.4 is 22.5 Å². The van der Waals surface area contributed by atoms with Crippen LogP contribution in [0.4, 0.5) is 10.6 Å². The van der Waals surface area contributed by atoms with E-state index < -0.39 is 11.2 Å². The van der Waals surface area contributed by atoms with Crippen LogP contribution >= 0.6 is 12.4 Å². The summed E-state index contributed by atoms with van der Waals surface area (Å²) < 4.78 is 1.47. The fourth-order valence-electron chi connectivity index (χ4n) is 6.27. The molecule has 2 aromatic rings. The average Bonchev–Trinajstić information content (AvgIpc) is 2.98. The monoisotopic (exact) mass is 616 g/mol. The van der Waals surface area contributed by atoms with E-state index in [0.717, 1.165) is 25.2 Å². The first-order chi connectivity index (χ1) is 20.0. The zero-order chi connectivity index (χ0) is 30.4. The number of piperazine rings is 1. The van der Waals surface area contributed by atoms with Gasteiger partial charge in [-0.2, -0.15) is 4.98 Å². The van der Waals surface area contributed by atoms with Crippen LogP contribution in [-0.4, -0.2) is 93.1 Å². The molecule has 1 saturated heterocycles. The standard InChI is InChI=1S/C31H48N8O3.ClH/c1-5-38(25-12-8-24(21-32)9-13-25)22(2)20-23-6-10-26(11-7-23)39-15-14-27(35-30(39)42)34-29(41)37-18-16-36(17-19-37)28(40)31(3,4)33;/h6-7,10-11,14-15,22,24-25H,5,8-9,12-13,16-21,32-33H2,1-4H3,(H,34,35,41,42);1H. The van der Waals surface area contributed by atoms with Gasteiger partial charge in [-0.25, -0.2) is 9.59 Å². The highest BCUT2D eigenvalue weighted by Gasteiger charge is 2.31. The van der Waals surface area contributed by atoms with Crippen molar-refractivity contribution in [3.63, 3.8) is 0 Å². The number of benzene rings is 1. The molecule has 0 spiro atoms. The summed E-state index contributed by atoms with van der Waals surface area (Å²) >= 11 is 0. The molecule has 0 bridgehead atoms. The Morgan fingerprint density at radius 2 is 1.65 bits per heavy atom. The number of carbonyl (C=O) groups is 2. The van der Waals surface area contributed by atoms with Crippen LogP contribution in [0.2, 0.25) is 0 Å². The van der Waals surface area contributed by atoms with Crippen LogP contribution in [0.3, 0.4) is 0 Å². The third-order valence-corrected chi connectivity index (χ3v) is 8.74. The van der Waals surface area contributed by atoms with Crippen molar-refractivity contribution in [1.29, 1.82) is 0 Å². The van der Waals surface area contributed by atoms with Crippen molar-refractivity contribution in [3.05, 3.63) is 52.6 Å². The number of aromatic nitrogens is 2. The van der Waals surface area contributed by atoms with Crippen LogP contribution in [0.1, 0.15) is 58.9 Å². The lowest BCUT2D eigenvalue weighted by Gasteiger charge is -2.39. The highest BCUT2D eigenvalue weighted by molar-refractivity contribution is 5.89. The third kappa shape index (κ3) is 8.78. The summed E-state index contributed by atoms with van der Waals surface area (Å²) in [7, 11) is 0. The number of nitrogens with zero attached hydrogens (tertiary/aromatic N) is 5. The number of nitrogens with two attached hydrogens (primary N) is 2. The van der Waals surface area contributed by atoms with Gasteiger partial charge in [-0.15, -0.1) is 12.4 Å². The summed E-state index contributed by atoms with van der Waals surface area (Å²) in [5.41, 5.74) is 12.3. The summed E-state index contributed by atoms with van der Waals surface area (Å²) in [5.74, 6) is 0.724. The molecule has 1 aliphatic heterocycles. The highest BCUT2D eigenvalue weighted by atomic mass is 35.5. The van der Waals surface area contributed by atoms with Gasteiger partial charge in [0.25, 0.3) is 0 Å². The number of halogens is 1. The Labute approximate surface area is 261 Å². The maximum Gasteiger partial charge on any atom is 0.354 e. The maximum atomic E-state index is 12.8. The van der Waals surface area contributed by atoms with E-state index in [2.05, 4.69) is 41.2 Å². The molecule has 1 aromatic carbocycles. The number of anilines is 1. The van der Waals surface area contributed by atoms with Gasteiger partial charge in [-0.3, -0.25) is 19.6 Å². The fourth-order valence-corrected chi connectivity index (χ4v) is 6.27. The van der Waals surface area contributed by atoms with E-state index in [9.17, 15) is 14.4 Å². The fraction of sp³-hybridized carbons (Fsp3) is 0.613. The summed E-state index contributed by atoms with van der Waals surface area (Å²) in [6.45, 7) is 11.3. The van der Waals surface area contributed by atoms with Gasteiger partial charge < -0.3 is 21.3 Å². The van der Waals surface area contributed by atoms with Crippen molar-refractivity contribution in [2.75, 3.05) is 44.6 Å². The van der Waals surface area contributed by atoms with Crippen LogP contribution in [0.15, 0.2) is 41.3 Å². The molecule has 2 heterocycles. The van der Waals surface area contributed by atoms with Crippen molar-refractivity contribution in [3.8, 4) is 5.69 Å². The Hall–Kier alpha value is -2.99. The number of hydrogen-bond acceptors (Lipinski definition) is 7. The smallest absolute Gasteiger partial charge is 0.338 e. The second-order valence-corrected chi connectivity index (χ2v) is 12.4. The molecule has 1 aliphatic carbocycles. The largest absolute Gasteiger partial charge is 0.354 e. The van der Waals surface area contributed by atoms with E-state index in [4.69, 9.17) is 11.5 Å². The molecule has 1 saturated carbocycles. The van der Waals surface area contributed by atoms with Crippen LogP contribution in [-0.2, 0) is 11.2 Å². The number of hydrogen-bond donors (Lipinski definition) is 3. The predicted octanol–water partition coefficient (Wildman–Crippen LogP) is 2.84. The van der Waals surface area contributed by atoms with Gasteiger partial charge in [-0.05, 0) is 95.6 Å². The lowest BCUT2D eigenvalue weighted by Crippen LogP contribution is -2.58. The van der Waals surface area contributed by atoms with Gasteiger partial charge in [0, 0.05) is 44.5 Å². The van der Waals surface area contributed by atoms with Crippen molar-refractivity contribution in [1.82, 2.24) is 24.3 Å². The molecule has 0 radical (unpaired) electrons. The van der Waals surface area contributed by atoms with Crippen molar-refractivity contribution < 1.29 is 9.59 Å². The Morgan fingerprint density at radius 3 is 2.19 bits per heavy atom. The number of rotatable bonds is 9. The molecule has 12 heteroatoms. The number of nitrogens with one attached hydrogen (secondary N) is 1. The first kappa shape index (κ1) is 34.5. The minimum atomic E-state index is -0.947. The van der Waals surface area contributed by atoms with Gasteiger partial charge in [0.15, 0.2) is 0 Å². The summed E-state index contributed by atoms with van der Waals surface area (Å²) in [5, 5.41) is 2.71. The Morgan fingerprint density at radius 1 is 1.05 bits per heavy atom. The quantitative estimate of drug-likeness (QED) is 0.393. The zero-order valence-electron chi connectivity index (χ0n) is 26.0. The second kappa shape index (κ2) is 15.1. The molecule has 11 nitrogen and oxygen atoms in total. The molecule has 238 valence electrons. The van der Waals surface area contributed by atoms with Gasteiger partial charge in [-0.1, -0.05) is 19.1 Å². The van der Waals surface area contributed by atoms with Crippen molar-refractivity contribution in [2.24, 2.45) is 17.4 Å². The van der Waals surface area contributed by atoms with Gasteiger partial charge in [0.05, 0.1) is 11.2 Å². The zero-order valence-corrected chi connectivity index (χ0v) is 26.8. The number of amides is 3. The molecule has 4 rings (SSSR count). The van der Waals surface area contributed by atoms with Gasteiger partial charge >= 0.3 is 11.7 Å². The van der Waals surface area contributed by atoms with E-state index in [-0.39, 0.29) is 30.2 Å². The van der Waals surface area contributed by atoms with Gasteiger partial charge in [0.2, 0.25) is 5.91 Å². The number of urea groups is 1. The van der Waals surface area contributed by atoms with E-state index in [1.165, 1.54) is 35.8 Å². The van der Waals surface area contributed by atoms with Crippen molar-refractivity contribution in [2.45, 2.75) is 77.4 Å². The third-order valence-electron chi connectivity index (χ3n) is 8.74. The van der Waals surface area contributed by atoms with Crippen LogP contribution in [0.25, 0.3) is 5.69 Å². The van der Waals surface area contributed by atoms with Gasteiger partial charge in [0.1, 0.15) is 5.82 Å². The normalized spacial score (nSPS) is 20.0. The second-order valence-electron chi connectivity index (χ2n) is 12.4. The summed E-state index contributed by atoms with van der Waals surface area (Å²) in [6.07, 6.45) is 7.44. The maximum absolute atomic E-state index is 12.8. The van der Waals surface area contributed by atoms with Crippen LogP contribution in [0.5, 0.6) is 0 Å². The average molecular weight is 617 g/mol. The molecule has 2 aliphatic rings. The summed E-state index contributed by atoms with van der Waals surface area (Å²) in [4.78, 5) is 48.0. The van der Waals surface area contributed by atoms with E-state index >= 15 is 0 Å². The Balaban J connectivity index is 0.00000506. The number of carbonyl (C=O) groups excluding carboxylic acids is 2. The highest BCUT2D eigenvalue weighted by Crippen LogP contribution is 2.28. The molecule has 1 unspecified atom stereocenters. The topological polar surface area (TPSA) is 143 Å². The minimum absolute atomic E-state index is 0. The van der Waals surface area contributed by atoms with E-state index in [1.807, 2.05) is 12.1 Å². The molecule has 2 fully saturated rings. The SMILES string of the molecule is CCN(C(C)Cc1ccc(-n2ccc(NC(=O)N3CCN(C(=O)C(C)(C)N)CC3)nc2=O)cc1)C1CCC(CN)CC1.Cl. The van der Waals surface area contributed by atoms with Crippen LogP contribution in [0, 0.1) is 5.92 Å².